The summed E-state index contributed by atoms with van der Waals surface area (Å²) < 4.78 is 33.9. The van der Waals surface area contributed by atoms with E-state index in [1.165, 1.54) is 43.9 Å². The average molecular weight is 439 g/mol. The smallest absolute Gasteiger partial charge is 0.343 e. The predicted octanol–water partition coefficient (Wildman–Crippen LogP) is 7.76. The van der Waals surface area contributed by atoms with Crippen molar-refractivity contribution in [1.82, 2.24) is 0 Å². The monoisotopic (exact) mass is 438 g/mol. The number of esters is 1. The number of hydrogen-bond donors (Lipinski definition) is 0. The van der Waals surface area contributed by atoms with Gasteiger partial charge in [0.15, 0.2) is 0 Å². The number of aryl methyl sites for hydroxylation is 1. The van der Waals surface area contributed by atoms with Gasteiger partial charge >= 0.3 is 5.97 Å². The molecule has 0 bridgehead atoms. The molecule has 2 aromatic rings. The van der Waals surface area contributed by atoms with E-state index in [1.807, 2.05) is 6.08 Å². The summed E-state index contributed by atoms with van der Waals surface area (Å²) in [5.41, 5.74) is 1.32. The summed E-state index contributed by atoms with van der Waals surface area (Å²) in [5, 5.41) is 0. The van der Waals surface area contributed by atoms with E-state index in [-0.39, 0.29) is 23.0 Å². The SMILES string of the molecule is C=CCCC1CCC2CC(c3ccc(C(=O)Oc4ccc(C)c(F)c4)cc3F)CCC2C1. The molecule has 2 aromatic carbocycles. The maximum atomic E-state index is 15.0. The van der Waals surface area contributed by atoms with Gasteiger partial charge in [0, 0.05) is 6.07 Å². The molecule has 170 valence electrons. The summed E-state index contributed by atoms with van der Waals surface area (Å²) in [6.45, 7) is 5.48. The van der Waals surface area contributed by atoms with E-state index in [4.69, 9.17) is 4.74 Å². The zero-order chi connectivity index (χ0) is 22.7. The van der Waals surface area contributed by atoms with E-state index >= 15 is 0 Å². The van der Waals surface area contributed by atoms with Crippen LogP contribution in [0, 0.1) is 36.3 Å². The molecule has 0 radical (unpaired) electrons. The molecule has 2 aliphatic carbocycles. The lowest BCUT2D eigenvalue weighted by molar-refractivity contribution is 0.0733. The number of rotatable bonds is 6. The number of carbonyl (C=O) groups is 1. The molecule has 4 rings (SSSR count). The van der Waals surface area contributed by atoms with Gasteiger partial charge in [-0.2, -0.15) is 0 Å². The maximum absolute atomic E-state index is 15.0. The molecule has 2 fully saturated rings. The summed E-state index contributed by atoms with van der Waals surface area (Å²) >= 11 is 0. The lowest BCUT2D eigenvalue weighted by Crippen LogP contribution is -2.30. The molecular weight excluding hydrogens is 406 g/mol. The normalized spacial score (nSPS) is 25.1. The molecule has 0 N–H and O–H groups in total. The number of carbonyl (C=O) groups excluding carboxylic acids is 1. The second-order valence-corrected chi connectivity index (χ2v) is 9.61. The van der Waals surface area contributed by atoms with Crippen LogP contribution in [0.4, 0.5) is 8.78 Å². The Balaban J connectivity index is 1.39. The molecule has 0 aromatic heterocycles. The predicted molar refractivity (Wildman–Crippen MR) is 123 cm³/mol. The summed E-state index contributed by atoms with van der Waals surface area (Å²) in [5.74, 6) is 1.10. The zero-order valence-electron chi connectivity index (χ0n) is 18.8. The van der Waals surface area contributed by atoms with Crippen molar-refractivity contribution in [2.24, 2.45) is 17.8 Å². The first-order valence-corrected chi connectivity index (χ1v) is 11.8. The van der Waals surface area contributed by atoms with Crippen molar-refractivity contribution in [2.45, 2.75) is 64.2 Å². The fraction of sp³-hybridized carbons (Fsp3) is 0.464. The fourth-order valence-electron chi connectivity index (χ4n) is 5.67. The second-order valence-electron chi connectivity index (χ2n) is 9.61. The second kappa shape index (κ2) is 9.97. The molecule has 0 aliphatic heterocycles. The lowest BCUT2D eigenvalue weighted by atomic mass is 9.63. The van der Waals surface area contributed by atoms with Gasteiger partial charge in [-0.3, -0.25) is 0 Å². The van der Waals surface area contributed by atoms with Crippen LogP contribution in [-0.2, 0) is 0 Å². The number of hydrogen-bond acceptors (Lipinski definition) is 2. The van der Waals surface area contributed by atoms with Gasteiger partial charge in [0.1, 0.15) is 17.4 Å². The van der Waals surface area contributed by atoms with Crippen LogP contribution in [-0.4, -0.2) is 5.97 Å². The highest BCUT2D eigenvalue weighted by Gasteiger charge is 2.36. The van der Waals surface area contributed by atoms with Gasteiger partial charge in [0.05, 0.1) is 5.56 Å². The lowest BCUT2D eigenvalue weighted by Gasteiger charge is -2.42. The van der Waals surface area contributed by atoms with Crippen LogP contribution in [0.25, 0.3) is 0 Å². The van der Waals surface area contributed by atoms with Crippen molar-refractivity contribution in [3.63, 3.8) is 0 Å². The fourth-order valence-corrected chi connectivity index (χ4v) is 5.67. The summed E-state index contributed by atoms with van der Waals surface area (Å²) in [4.78, 5) is 12.4. The zero-order valence-corrected chi connectivity index (χ0v) is 18.8. The first kappa shape index (κ1) is 22.7. The van der Waals surface area contributed by atoms with E-state index in [1.54, 1.807) is 25.1 Å². The van der Waals surface area contributed by atoms with Gasteiger partial charge in [-0.05, 0) is 105 Å². The van der Waals surface area contributed by atoms with Crippen LogP contribution in [0.5, 0.6) is 5.75 Å². The van der Waals surface area contributed by atoms with Gasteiger partial charge < -0.3 is 4.74 Å². The molecular formula is C28H32F2O2. The van der Waals surface area contributed by atoms with Gasteiger partial charge in [-0.15, -0.1) is 6.58 Å². The Morgan fingerprint density at radius 3 is 2.56 bits per heavy atom. The molecule has 4 unspecified atom stereocenters. The minimum atomic E-state index is -0.680. The summed E-state index contributed by atoms with van der Waals surface area (Å²) in [6, 6.07) is 8.88. The van der Waals surface area contributed by atoms with Crippen molar-refractivity contribution in [3.8, 4) is 5.75 Å². The molecule has 0 amide bonds. The Labute approximate surface area is 189 Å². The van der Waals surface area contributed by atoms with E-state index in [0.29, 0.717) is 17.0 Å². The van der Waals surface area contributed by atoms with Crippen LogP contribution in [0.15, 0.2) is 49.1 Å². The first-order valence-electron chi connectivity index (χ1n) is 11.8. The largest absolute Gasteiger partial charge is 0.423 e. The minimum absolute atomic E-state index is 0.115. The third kappa shape index (κ3) is 5.11. The number of fused-ring (bicyclic) bond motifs is 1. The quantitative estimate of drug-likeness (QED) is 0.262. The standard InChI is InChI=1S/C28H32F2O2/c1-3-4-5-19-7-8-21-15-22(10-9-20(21)14-19)25-13-11-23(16-27(25)30)28(31)32-24-12-6-18(2)26(29)17-24/h3,6,11-13,16-17,19-22H,1,4-5,7-10,14-15H2,2H3. The third-order valence-electron chi connectivity index (χ3n) is 7.53. The van der Waals surface area contributed by atoms with E-state index in [2.05, 4.69) is 6.58 Å². The number of allylic oxidation sites excluding steroid dienone is 1. The Bertz CT molecular complexity index is 983. The average Bonchev–Trinajstić information content (AvgIpc) is 2.79. The van der Waals surface area contributed by atoms with Gasteiger partial charge in [-0.25, -0.2) is 13.6 Å². The van der Waals surface area contributed by atoms with Crippen LogP contribution in [0.3, 0.4) is 0 Å². The molecule has 0 heterocycles. The molecule has 32 heavy (non-hydrogen) atoms. The molecule has 4 atom stereocenters. The van der Waals surface area contributed by atoms with Crippen molar-refractivity contribution >= 4 is 5.97 Å². The summed E-state index contributed by atoms with van der Waals surface area (Å²) in [7, 11) is 0. The topological polar surface area (TPSA) is 26.3 Å². The highest BCUT2D eigenvalue weighted by molar-refractivity contribution is 5.91. The van der Waals surface area contributed by atoms with Crippen LogP contribution < -0.4 is 4.74 Å². The van der Waals surface area contributed by atoms with Crippen molar-refractivity contribution < 1.29 is 18.3 Å². The Kier molecular flexibility index (Phi) is 7.07. The molecule has 4 heteroatoms. The number of halogens is 2. The van der Waals surface area contributed by atoms with Gasteiger partial charge in [0.2, 0.25) is 0 Å². The minimum Gasteiger partial charge on any atom is -0.423 e. The van der Waals surface area contributed by atoms with Crippen LogP contribution in [0.2, 0.25) is 0 Å². The number of benzene rings is 2. The highest BCUT2D eigenvalue weighted by atomic mass is 19.1. The Morgan fingerprint density at radius 2 is 1.81 bits per heavy atom. The van der Waals surface area contributed by atoms with Crippen molar-refractivity contribution in [2.75, 3.05) is 0 Å². The van der Waals surface area contributed by atoms with Gasteiger partial charge in [0.25, 0.3) is 0 Å². The number of ether oxygens (including phenoxy) is 1. The van der Waals surface area contributed by atoms with Crippen molar-refractivity contribution in [3.05, 3.63) is 77.4 Å². The molecule has 2 nitrogen and oxygen atoms in total. The Hall–Kier alpha value is -2.49. The van der Waals surface area contributed by atoms with E-state index in [0.717, 1.165) is 37.5 Å². The Morgan fingerprint density at radius 1 is 1.03 bits per heavy atom. The van der Waals surface area contributed by atoms with E-state index < -0.39 is 11.8 Å². The van der Waals surface area contributed by atoms with E-state index in [9.17, 15) is 13.6 Å². The van der Waals surface area contributed by atoms with Crippen LogP contribution in [0.1, 0.15) is 78.8 Å². The first-order chi connectivity index (χ1) is 15.4. The van der Waals surface area contributed by atoms with Crippen molar-refractivity contribution in [1.29, 1.82) is 0 Å². The highest BCUT2D eigenvalue weighted by Crippen LogP contribution is 2.48. The molecule has 2 saturated carbocycles. The molecule has 0 spiro atoms. The third-order valence-corrected chi connectivity index (χ3v) is 7.53. The van der Waals surface area contributed by atoms with Crippen LogP contribution >= 0.6 is 0 Å². The molecule has 0 saturated heterocycles. The maximum Gasteiger partial charge on any atom is 0.343 e. The summed E-state index contributed by atoms with van der Waals surface area (Å²) in [6.07, 6.45) is 11.4. The van der Waals surface area contributed by atoms with Gasteiger partial charge in [-0.1, -0.05) is 24.6 Å². The molecule has 2 aliphatic rings.